The van der Waals surface area contributed by atoms with Gasteiger partial charge < -0.3 is 5.32 Å². The van der Waals surface area contributed by atoms with Gasteiger partial charge in [0.2, 0.25) is 10.9 Å². The Morgan fingerprint density at radius 2 is 1.93 bits per heavy atom. The van der Waals surface area contributed by atoms with Crippen molar-refractivity contribution in [3.8, 4) is 0 Å². The molecule has 0 bridgehead atoms. The van der Waals surface area contributed by atoms with Crippen LogP contribution in [-0.2, 0) is 11.2 Å². The molecule has 0 aliphatic rings. The van der Waals surface area contributed by atoms with Crippen LogP contribution in [0.25, 0.3) is 11.0 Å². The van der Waals surface area contributed by atoms with Crippen LogP contribution in [0.15, 0.2) is 53.3 Å². The maximum absolute atomic E-state index is 12.8. The quantitative estimate of drug-likeness (QED) is 0.510. The van der Waals surface area contributed by atoms with Crippen LogP contribution < -0.4 is 15.4 Å². The highest BCUT2D eigenvalue weighted by Gasteiger charge is 2.14. The molecule has 146 valence electrons. The number of benzene rings is 2. The first-order valence-electron chi connectivity index (χ1n) is 8.70. The lowest BCUT2D eigenvalue weighted by molar-refractivity contribution is -0.116. The first-order valence-corrected chi connectivity index (χ1v) is 10.3. The van der Waals surface area contributed by atoms with Crippen LogP contribution in [0.2, 0.25) is 10.0 Å². The summed E-state index contributed by atoms with van der Waals surface area (Å²) in [5, 5.41) is 11.7. The number of amides is 1. The summed E-state index contributed by atoms with van der Waals surface area (Å²) in [6.45, 7) is 0. The Bertz CT molecular complexity index is 1300. The van der Waals surface area contributed by atoms with E-state index in [2.05, 4.69) is 15.5 Å². The summed E-state index contributed by atoms with van der Waals surface area (Å²) in [7, 11) is 0. The largest absolute Gasteiger partial charge is 0.325 e. The minimum atomic E-state index is -0.260. The molecule has 0 fully saturated rings. The first kappa shape index (κ1) is 19.6. The van der Waals surface area contributed by atoms with E-state index in [1.165, 1.54) is 15.7 Å². The lowest BCUT2D eigenvalue weighted by Gasteiger charge is -2.07. The highest BCUT2D eigenvalue weighted by molar-refractivity contribution is 7.15. The van der Waals surface area contributed by atoms with Gasteiger partial charge in [0.1, 0.15) is 5.82 Å². The van der Waals surface area contributed by atoms with Crippen molar-refractivity contribution in [2.75, 3.05) is 5.32 Å². The van der Waals surface area contributed by atoms with E-state index >= 15 is 0 Å². The minimum Gasteiger partial charge on any atom is -0.325 e. The summed E-state index contributed by atoms with van der Waals surface area (Å²) in [5.41, 5.74) is 1.18. The number of nitrogens with one attached hydrogen (secondary N) is 1. The number of carbonyl (C=O) groups is 1. The Morgan fingerprint density at radius 3 is 2.72 bits per heavy atom. The predicted molar refractivity (Wildman–Crippen MR) is 116 cm³/mol. The van der Waals surface area contributed by atoms with Gasteiger partial charge in [-0.05, 0) is 29.8 Å². The Balaban J connectivity index is 1.53. The second kappa shape index (κ2) is 8.32. The van der Waals surface area contributed by atoms with E-state index < -0.39 is 0 Å². The molecule has 29 heavy (non-hydrogen) atoms. The lowest BCUT2D eigenvalue weighted by Crippen LogP contribution is -2.24. The fourth-order valence-corrected chi connectivity index (χ4v) is 4.08. The van der Waals surface area contributed by atoms with Crippen molar-refractivity contribution in [3.05, 3.63) is 84.9 Å². The lowest BCUT2D eigenvalue weighted by atomic mass is 10.2. The van der Waals surface area contributed by atoms with Gasteiger partial charge in [-0.1, -0.05) is 64.9 Å². The van der Waals surface area contributed by atoms with Gasteiger partial charge in [0, 0.05) is 17.9 Å². The molecular formula is C20H14Cl2N4O2S. The smallest absolute Gasteiger partial charge is 0.275 e. The molecule has 9 heteroatoms. The maximum atomic E-state index is 12.8. The van der Waals surface area contributed by atoms with Crippen molar-refractivity contribution in [2.45, 2.75) is 12.8 Å². The number of carbonyl (C=O) groups excluding carboxylic acids is 1. The fourth-order valence-electron chi connectivity index (χ4n) is 2.81. The molecule has 0 saturated carbocycles. The molecule has 0 atom stereocenters. The van der Waals surface area contributed by atoms with E-state index in [1.54, 1.807) is 18.2 Å². The number of anilines is 1. The molecule has 0 aliphatic carbocycles. The third-order valence-corrected chi connectivity index (χ3v) is 5.71. The van der Waals surface area contributed by atoms with E-state index in [1.807, 2.05) is 36.4 Å². The van der Waals surface area contributed by atoms with Gasteiger partial charge in [-0.3, -0.25) is 9.59 Å². The number of rotatable bonds is 5. The van der Waals surface area contributed by atoms with Crippen LogP contribution >= 0.6 is 34.5 Å². The molecule has 0 spiro atoms. The molecule has 0 radical (unpaired) electrons. The molecule has 0 saturated heterocycles. The van der Waals surface area contributed by atoms with Crippen molar-refractivity contribution in [2.24, 2.45) is 0 Å². The van der Waals surface area contributed by atoms with Crippen LogP contribution in [0.4, 0.5) is 5.69 Å². The molecule has 2 heterocycles. The van der Waals surface area contributed by atoms with Crippen LogP contribution in [0, 0.1) is 0 Å². The van der Waals surface area contributed by atoms with E-state index in [4.69, 9.17) is 23.2 Å². The number of halogens is 2. The van der Waals surface area contributed by atoms with Gasteiger partial charge in [-0.25, -0.2) is 4.40 Å². The maximum Gasteiger partial charge on any atom is 0.275 e. The van der Waals surface area contributed by atoms with E-state index in [0.717, 1.165) is 5.56 Å². The second-order valence-electron chi connectivity index (χ2n) is 6.23. The normalized spacial score (nSPS) is 11.9. The number of nitrogens with zero attached hydrogens (tertiary/aromatic N) is 3. The average Bonchev–Trinajstić information content (AvgIpc) is 3.24. The molecule has 6 nitrogen and oxygen atoms in total. The van der Waals surface area contributed by atoms with Crippen molar-refractivity contribution >= 4 is 57.2 Å². The number of aromatic nitrogens is 3. The molecule has 0 unspecified atom stereocenters. The number of aryl methyl sites for hydroxylation is 1. The zero-order valence-electron chi connectivity index (χ0n) is 14.9. The monoisotopic (exact) mass is 444 g/mol. The van der Waals surface area contributed by atoms with Gasteiger partial charge >= 0.3 is 0 Å². The minimum absolute atomic E-state index is 0.122. The molecule has 1 amide bonds. The van der Waals surface area contributed by atoms with Gasteiger partial charge in [-0.15, -0.1) is 10.2 Å². The predicted octanol–water partition coefficient (Wildman–Crippen LogP) is 3.58. The van der Waals surface area contributed by atoms with Crippen LogP contribution in [0.1, 0.15) is 17.8 Å². The number of hydrogen-bond donors (Lipinski definition) is 1. The zero-order valence-corrected chi connectivity index (χ0v) is 17.3. The number of hydrogen-bond acceptors (Lipinski definition) is 5. The van der Waals surface area contributed by atoms with Crippen LogP contribution in [0.3, 0.4) is 0 Å². The van der Waals surface area contributed by atoms with E-state index in [9.17, 15) is 9.59 Å². The number of fused-ring (bicyclic) bond motifs is 1. The number of thiazole rings is 1. The van der Waals surface area contributed by atoms with Gasteiger partial charge in [0.05, 0.1) is 15.2 Å². The van der Waals surface area contributed by atoms with Crippen LogP contribution in [0.5, 0.6) is 0 Å². The average molecular weight is 445 g/mol. The molecule has 4 aromatic rings. The summed E-state index contributed by atoms with van der Waals surface area (Å²) in [6.07, 6.45) is 2.21. The molecule has 1 N–H and O–H groups in total. The Labute approximate surface area is 179 Å². The molecule has 4 rings (SSSR count). The Hall–Kier alpha value is -2.74. The summed E-state index contributed by atoms with van der Waals surface area (Å²) >= 11 is 13.3. The highest BCUT2D eigenvalue weighted by Crippen LogP contribution is 2.25. The Kier molecular flexibility index (Phi) is 5.62. The summed E-state index contributed by atoms with van der Waals surface area (Å²) in [4.78, 5) is 25.6. The highest BCUT2D eigenvalue weighted by atomic mass is 35.5. The molecule has 2 aromatic carbocycles. The summed E-state index contributed by atoms with van der Waals surface area (Å²) in [5.74, 6) is 0.186. The van der Waals surface area contributed by atoms with Gasteiger partial charge in [0.15, 0.2) is 0 Å². The molecule has 2 aromatic heterocycles. The van der Waals surface area contributed by atoms with Crippen LogP contribution in [-0.4, -0.2) is 20.5 Å². The third-order valence-electron chi connectivity index (χ3n) is 4.19. The molecule has 0 aliphatic heterocycles. The standard InChI is InChI=1S/C20H14Cl2N4O2S/c21-13-6-7-14(22)15(11-13)23-18(27)9-8-17-24-25-20-26(17)19(28)16(29-20)10-12-4-2-1-3-5-12/h1-7,10-11H,8-9H2,(H,23,27)/b16-10-. The summed E-state index contributed by atoms with van der Waals surface area (Å²) < 4.78 is 2.02. The topological polar surface area (TPSA) is 76.4 Å². The Morgan fingerprint density at radius 1 is 1.14 bits per heavy atom. The summed E-state index contributed by atoms with van der Waals surface area (Å²) in [6, 6.07) is 14.4. The molecular weight excluding hydrogens is 431 g/mol. The zero-order chi connectivity index (χ0) is 20.4. The van der Waals surface area contributed by atoms with Crippen molar-refractivity contribution in [1.29, 1.82) is 0 Å². The van der Waals surface area contributed by atoms with Gasteiger partial charge in [0.25, 0.3) is 5.56 Å². The van der Waals surface area contributed by atoms with Crippen molar-refractivity contribution in [3.63, 3.8) is 0 Å². The van der Waals surface area contributed by atoms with E-state index in [0.29, 0.717) is 31.1 Å². The van der Waals surface area contributed by atoms with Crippen molar-refractivity contribution in [1.82, 2.24) is 14.6 Å². The van der Waals surface area contributed by atoms with E-state index in [-0.39, 0.29) is 24.3 Å². The first-order chi connectivity index (χ1) is 14.0. The SMILES string of the molecule is O=C(CCc1nnc2s/c(=C\c3ccccc3)c(=O)n12)Nc1cc(Cl)ccc1Cl. The second-order valence-corrected chi connectivity index (χ2v) is 8.09. The van der Waals surface area contributed by atoms with Gasteiger partial charge in [-0.2, -0.15) is 0 Å². The fraction of sp³-hybridized carbons (Fsp3) is 0.100. The van der Waals surface area contributed by atoms with Crippen molar-refractivity contribution < 1.29 is 4.79 Å². The third kappa shape index (κ3) is 4.32.